The van der Waals surface area contributed by atoms with Crippen molar-refractivity contribution in [3.05, 3.63) is 29.8 Å². The molecule has 0 aromatic heterocycles. The quantitative estimate of drug-likeness (QED) is 0.657. The van der Waals surface area contributed by atoms with Gasteiger partial charge in [0.2, 0.25) is 5.91 Å². The van der Waals surface area contributed by atoms with Crippen LogP contribution in [-0.2, 0) is 16.1 Å². The molecule has 2 fully saturated rings. The van der Waals surface area contributed by atoms with Gasteiger partial charge in [-0.25, -0.2) is 0 Å². The minimum Gasteiger partial charge on any atom is -0.492 e. The van der Waals surface area contributed by atoms with E-state index in [1.54, 1.807) is 0 Å². The van der Waals surface area contributed by atoms with E-state index in [9.17, 15) is 4.79 Å². The van der Waals surface area contributed by atoms with Crippen LogP contribution in [0.3, 0.4) is 0 Å². The molecule has 1 aromatic rings. The van der Waals surface area contributed by atoms with Gasteiger partial charge in [-0.05, 0) is 50.6 Å². The molecular weight excluding hydrogens is 401 g/mol. The molecule has 28 heavy (non-hydrogen) atoms. The SMILES string of the molecule is CN(CCOc1cccc(CNC(=O)C2CCNC2)c1)C1CCOCC1.Cl.Cl. The Bertz CT molecular complexity index is 580. The highest BCUT2D eigenvalue weighted by Crippen LogP contribution is 2.15. The largest absolute Gasteiger partial charge is 0.492 e. The van der Waals surface area contributed by atoms with E-state index in [0.717, 1.165) is 63.4 Å². The number of benzene rings is 1. The molecule has 0 spiro atoms. The third-order valence-electron chi connectivity index (χ3n) is 5.32. The molecule has 2 N–H and O–H groups in total. The van der Waals surface area contributed by atoms with Crippen LogP contribution in [-0.4, -0.2) is 63.4 Å². The number of nitrogens with zero attached hydrogens (tertiary/aromatic N) is 1. The summed E-state index contributed by atoms with van der Waals surface area (Å²) in [6.45, 7) is 5.56. The summed E-state index contributed by atoms with van der Waals surface area (Å²) < 4.78 is 11.3. The first-order chi connectivity index (χ1) is 12.7. The van der Waals surface area contributed by atoms with Crippen molar-refractivity contribution in [1.29, 1.82) is 0 Å². The highest BCUT2D eigenvalue weighted by Gasteiger charge is 2.22. The van der Waals surface area contributed by atoms with Crippen LogP contribution in [0.4, 0.5) is 0 Å². The van der Waals surface area contributed by atoms with E-state index in [0.29, 0.717) is 19.2 Å². The van der Waals surface area contributed by atoms with E-state index in [4.69, 9.17) is 9.47 Å². The van der Waals surface area contributed by atoms with Crippen LogP contribution >= 0.6 is 24.8 Å². The second kappa shape index (κ2) is 13.2. The van der Waals surface area contributed by atoms with Gasteiger partial charge in [0.1, 0.15) is 12.4 Å². The molecule has 0 saturated carbocycles. The van der Waals surface area contributed by atoms with Gasteiger partial charge in [0, 0.05) is 38.9 Å². The molecule has 1 unspecified atom stereocenters. The maximum absolute atomic E-state index is 12.1. The van der Waals surface area contributed by atoms with Crippen molar-refractivity contribution in [3.63, 3.8) is 0 Å². The van der Waals surface area contributed by atoms with Crippen LogP contribution in [0.25, 0.3) is 0 Å². The normalized spacial score (nSPS) is 19.6. The Morgan fingerprint density at radius 2 is 2.07 bits per heavy atom. The van der Waals surface area contributed by atoms with Crippen molar-refractivity contribution in [1.82, 2.24) is 15.5 Å². The summed E-state index contributed by atoms with van der Waals surface area (Å²) in [6.07, 6.45) is 3.13. The second-order valence-corrected chi connectivity index (χ2v) is 7.23. The van der Waals surface area contributed by atoms with Crippen molar-refractivity contribution in [2.75, 3.05) is 46.5 Å². The number of rotatable bonds is 8. The van der Waals surface area contributed by atoms with Crippen LogP contribution < -0.4 is 15.4 Å². The first-order valence-electron chi connectivity index (χ1n) is 9.70. The summed E-state index contributed by atoms with van der Waals surface area (Å²) in [6, 6.07) is 8.59. The van der Waals surface area contributed by atoms with Crippen LogP contribution in [0, 0.1) is 5.92 Å². The molecule has 2 saturated heterocycles. The van der Waals surface area contributed by atoms with Gasteiger partial charge in [0.15, 0.2) is 0 Å². The average molecular weight is 434 g/mol. The molecular formula is C20H33Cl2N3O3. The molecule has 2 heterocycles. The summed E-state index contributed by atoms with van der Waals surface area (Å²) in [5.74, 6) is 1.11. The lowest BCUT2D eigenvalue weighted by Gasteiger charge is -2.31. The van der Waals surface area contributed by atoms with Gasteiger partial charge in [-0.3, -0.25) is 9.69 Å². The van der Waals surface area contributed by atoms with Crippen molar-refractivity contribution < 1.29 is 14.3 Å². The number of halogens is 2. The molecule has 1 atom stereocenters. The summed E-state index contributed by atoms with van der Waals surface area (Å²) in [7, 11) is 2.16. The minimum atomic E-state index is 0. The number of amides is 1. The molecule has 8 heteroatoms. The molecule has 2 aliphatic heterocycles. The fourth-order valence-electron chi connectivity index (χ4n) is 3.57. The molecule has 6 nitrogen and oxygen atoms in total. The number of hydrogen-bond acceptors (Lipinski definition) is 5. The Morgan fingerprint density at radius 3 is 2.79 bits per heavy atom. The second-order valence-electron chi connectivity index (χ2n) is 7.23. The molecule has 0 aliphatic carbocycles. The lowest BCUT2D eigenvalue weighted by molar-refractivity contribution is -0.124. The molecule has 0 radical (unpaired) electrons. The molecule has 3 rings (SSSR count). The monoisotopic (exact) mass is 433 g/mol. The van der Waals surface area contributed by atoms with Gasteiger partial charge in [-0.15, -0.1) is 24.8 Å². The van der Waals surface area contributed by atoms with Gasteiger partial charge in [-0.2, -0.15) is 0 Å². The van der Waals surface area contributed by atoms with Gasteiger partial charge in [0.25, 0.3) is 0 Å². The van der Waals surface area contributed by atoms with Crippen LogP contribution in [0.5, 0.6) is 5.75 Å². The Hall–Kier alpha value is -1.05. The van der Waals surface area contributed by atoms with Crippen molar-refractivity contribution in [2.45, 2.75) is 31.8 Å². The molecule has 2 aliphatic rings. The maximum Gasteiger partial charge on any atom is 0.224 e. The Kier molecular flexibility index (Phi) is 11.8. The molecule has 1 amide bonds. The van der Waals surface area contributed by atoms with Crippen LogP contribution in [0.2, 0.25) is 0 Å². The first kappa shape index (κ1) is 25.0. The van der Waals surface area contributed by atoms with E-state index in [-0.39, 0.29) is 36.6 Å². The Labute approximate surface area is 180 Å². The van der Waals surface area contributed by atoms with E-state index in [1.165, 1.54) is 0 Å². The first-order valence-corrected chi connectivity index (χ1v) is 9.70. The van der Waals surface area contributed by atoms with Gasteiger partial charge < -0.3 is 20.1 Å². The zero-order valence-corrected chi connectivity index (χ0v) is 18.2. The summed E-state index contributed by atoms with van der Waals surface area (Å²) in [4.78, 5) is 14.5. The number of carbonyl (C=O) groups excluding carboxylic acids is 1. The predicted octanol–water partition coefficient (Wildman–Crippen LogP) is 2.25. The van der Waals surface area contributed by atoms with Crippen molar-refractivity contribution >= 4 is 30.7 Å². The molecule has 0 bridgehead atoms. The summed E-state index contributed by atoms with van der Waals surface area (Å²) in [5, 5.41) is 6.26. The molecule has 160 valence electrons. The van der Waals surface area contributed by atoms with E-state index < -0.39 is 0 Å². The fourth-order valence-corrected chi connectivity index (χ4v) is 3.57. The smallest absolute Gasteiger partial charge is 0.224 e. The lowest BCUT2D eigenvalue weighted by Crippen LogP contribution is -2.38. The zero-order chi connectivity index (χ0) is 18.2. The number of nitrogens with one attached hydrogen (secondary N) is 2. The maximum atomic E-state index is 12.1. The Balaban J connectivity index is 0.00000196. The van der Waals surface area contributed by atoms with Crippen LogP contribution in [0.1, 0.15) is 24.8 Å². The zero-order valence-electron chi connectivity index (χ0n) is 16.5. The summed E-state index contributed by atoms with van der Waals surface area (Å²) in [5.41, 5.74) is 1.07. The van der Waals surface area contributed by atoms with Gasteiger partial charge >= 0.3 is 0 Å². The van der Waals surface area contributed by atoms with Gasteiger partial charge in [0.05, 0.1) is 5.92 Å². The van der Waals surface area contributed by atoms with Crippen molar-refractivity contribution in [3.8, 4) is 5.75 Å². The van der Waals surface area contributed by atoms with E-state index >= 15 is 0 Å². The predicted molar refractivity (Wildman–Crippen MR) is 116 cm³/mol. The standard InChI is InChI=1S/C20H31N3O3.2ClH/c1-23(18-6-10-25-11-7-18)9-12-26-19-4-2-3-16(13-19)14-22-20(24)17-5-8-21-15-17;;/h2-4,13,17-18,21H,5-12,14-15H2,1H3,(H,22,24);2*1H. The summed E-state index contributed by atoms with van der Waals surface area (Å²) >= 11 is 0. The van der Waals surface area contributed by atoms with Gasteiger partial charge in [-0.1, -0.05) is 12.1 Å². The minimum absolute atomic E-state index is 0. The highest BCUT2D eigenvalue weighted by atomic mass is 35.5. The fraction of sp³-hybridized carbons (Fsp3) is 0.650. The average Bonchev–Trinajstić information content (AvgIpc) is 3.22. The number of hydrogen-bond donors (Lipinski definition) is 2. The molecule has 1 aromatic carbocycles. The van der Waals surface area contributed by atoms with E-state index in [1.807, 2.05) is 24.3 Å². The number of ether oxygens (including phenoxy) is 2. The lowest BCUT2D eigenvalue weighted by atomic mass is 10.1. The topological polar surface area (TPSA) is 62.8 Å². The number of carbonyl (C=O) groups is 1. The van der Waals surface area contributed by atoms with Crippen molar-refractivity contribution in [2.24, 2.45) is 5.92 Å². The number of likely N-dealkylation sites (N-methyl/N-ethyl adjacent to an activating group) is 1. The third kappa shape index (κ3) is 7.76. The van der Waals surface area contributed by atoms with Crippen LogP contribution in [0.15, 0.2) is 24.3 Å². The Morgan fingerprint density at radius 1 is 1.29 bits per heavy atom. The highest BCUT2D eigenvalue weighted by molar-refractivity contribution is 5.85. The third-order valence-corrected chi connectivity index (χ3v) is 5.32. The van der Waals surface area contributed by atoms with E-state index in [2.05, 4.69) is 22.6 Å².